The van der Waals surface area contributed by atoms with E-state index in [1.165, 1.54) is 0 Å². The molecule has 3 aromatic carbocycles. The van der Waals surface area contributed by atoms with Gasteiger partial charge in [0.25, 0.3) is 0 Å². The fraction of sp³-hybridized carbons (Fsp3) is 0.310. The predicted octanol–water partition coefficient (Wildman–Crippen LogP) is 5.85. The maximum atomic E-state index is 12.6. The Bertz CT molecular complexity index is 1130. The number of fused-ring (bicyclic) bond motifs is 3. The molecule has 3 aromatic rings. The molecular formula is C29H30O5. The van der Waals surface area contributed by atoms with Gasteiger partial charge in [0, 0.05) is 5.92 Å². The highest BCUT2D eigenvalue weighted by Crippen LogP contribution is 2.44. The van der Waals surface area contributed by atoms with Crippen LogP contribution in [0.4, 0.5) is 0 Å². The number of hydrogen-bond donors (Lipinski definition) is 1. The summed E-state index contributed by atoms with van der Waals surface area (Å²) in [6.07, 6.45) is 0.0704. The number of carboxylic acid groups (broad SMARTS) is 1. The third-order valence-corrected chi connectivity index (χ3v) is 5.97. The van der Waals surface area contributed by atoms with Crippen molar-refractivity contribution in [3.05, 3.63) is 89.5 Å². The van der Waals surface area contributed by atoms with E-state index in [1.54, 1.807) is 0 Å². The maximum Gasteiger partial charge on any atom is 0.307 e. The second kappa shape index (κ2) is 9.72. The van der Waals surface area contributed by atoms with Gasteiger partial charge in [-0.3, -0.25) is 9.59 Å². The van der Waals surface area contributed by atoms with Crippen LogP contribution in [-0.4, -0.2) is 29.3 Å². The molecule has 5 nitrogen and oxygen atoms in total. The molecular weight excluding hydrogens is 428 g/mol. The highest BCUT2D eigenvalue weighted by Gasteiger charge is 2.30. The summed E-state index contributed by atoms with van der Waals surface area (Å²) < 4.78 is 11.4. The quantitative estimate of drug-likeness (QED) is 0.429. The van der Waals surface area contributed by atoms with E-state index in [0.717, 1.165) is 33.6 Å². The van der Waals surface area contributed by atoms with Gasteiger partial charge >= 0.3 is 11.9 Å². The van der Waals surface area contributed by atoms with Gasteiger partial charge in [0.2, 0.25) is 0 Å². The average molecular weight is 459 g/mol. The summed E-state index contributed by atoms with van der Waals surface area (Å²) in [5.74, 6) is -1.69. The van der Waals surface area contributed by atoms with Crippen molar-refractivity contribution in [2.24, 2.45) is 5.92 Å². The predicted molar refractivity (Wildman–Crippen MR) is 131 cm³/mol. The van der Waals surface area contributed by atoms with E-state index < -0.39 is 17.9 Å². The lowest BCUT2D eigenvalue weighted by Gasteiger charge is -2.21. The molecule has 0 spiro atoms. The Morgan fingerprint density at radius 1 is 0.882 bits per heavy atom. The number of carboxylic acids is 1. The fourth-order valence-corrected chi connectivity index (χ4v) is 4.45. The van der Waals surface area contributed by atoms with E-state index in [0.29, 0.717) is 0 Å². The molecule has 0 bridgehead atoms. The van der Waals surface area contributed by atoms with Crippen molar-refractivity contribution in [2.45, 2.75) is 45.1 Å². The second-order valence-electron chi connectivity index (χ2n) is 9.71. The molecule has 1 aliphatic rings. The normalized spacial score (nSPS) is 13.6. The molecule has 1 N–H and O–H groups in total. The lowest BCUT2D eigenvalue weighted by Crippen LogP contribution is -2.23. The molecule has 5 heteroatoms. The number of carbonyl (C=O) groups is 2. The molecule has 4 rings (SSSR count). The summed E-state index contributed by atoms with van der Waals surface area (Å²) in [6.45, 7) is 6.10. The molecule has 1 aliphatic carbocycles. The SMILES string of the molecule is CC(C)(C)Oc1ccc(C[C@@H](CC(=O)OCC2c3ccccc3-c3ccccc32)C(=O)O)cc1. The third kappa shape index (κ3) is 5.48. The zero-order chi connectivity index (χ0) is 24.3. The monoisotopic (exact) mass is 458 g/mol. The first-order valence-electron chi connectivity index (χ1n) is 11.6. The van der Waals surface area contributed by atoms with Gasteiger partial charge in [-0.2, -0.15) is 0 Å². The summed E-state index contributed by atoms with van der Waals surface area (Å²) in [5, 5.41) is 9.70. The Kier molecular flexibility index (Phi) is 6.73. The molecule has 0 heterocycles. The first kappa shape index (κ1) is 23.6. The number of carbonyl (C=O) groups excluding carboxylic acids is 1. The Balaban J connectivity index is 1.38. The van der Waals surface area contributed by atoms with Gasteiger partial charge in [0.05, 0.1) is 12.3 Å². The molecule has 0 amide bonds. The van der Waals surface area contributed by atoms with Gasteiger partial charge in [-0.05, 0) is 67.1 Å². The molecule has 0 saturated heterocycles. The fourth-order valence-electron chi connectivity index (χ4n) is 4.45. The summed E-state index contributed by atoms with van der Waals surface area (Å²) in [4.78, 5) is 24.5. The van der Waals surface area contributed by atoms with E-state index in [-0.39, 0.29) is 31.0 Å². The molecule has 0 unspecified atom stereocenters. The van der Waals surface area contributed by atoms with Crippen LogP contribution in [0.2, 0.25) is 0 Å². The first-order valence-corrected chi connectivity index (χ1v) is 11.6. The van der Waals surface area contributed by atoms with E-state index in [1.807, 2.05) is 69.3 Å². The van der Waals surface area contributed by atoms with Gasteiger partial charge in [-0.15, -0.1) is 0 Å². The lowest BCUT2D eigenvalue weighted by atomic mass is 9.96. The van der Waals surface area contributed by atoms with Crippen molar-refractivity contribution in [2.75, 3.05) is 6.61 Å². The maximum absolute atomic E-state index is 12.6. The van der Waals surface area contributed by atoms with Crippen LogP contribution in [-0.2, 0) is 20.7 Å². The van der Waals surface area contributed by atoms with Crippen molar-refractivity contribution in [3.8, 4) is 16.9 Å². The highest BCUT2D eigenvalue weighted by molar-refractivity contribution is 5.80. The zero-order valence-corrected chi connectivity index (χ0v) is 19.8. The first-order chi connectivity index (χ1) is 16.2. The Hall–Kier alpha value is -3.60. The Morgan fingerprint density at radius 2 is 1.44 bits per heavy atom. The number of ether oxygens (including phenoxy) is 2. The van der Waals surface area contributed by atoms with Crippen LogP contribution in [0.25, 0.3) is 11.1 Å². The minimum Gasteiger partial charge on any atom is -0.488 e. The van der Waals surface area contributed by atoms with E-state index in [9.17, 15) is 14.7 Å². The number of benzene rings is 3. The highest BCUT2D eigenvalue weighted by atomic mass is 16.5. The number of esters is 1. The molecule has 176 valence electrons. The van der Waals surface area contributed by atoms with Crippen molar-refractivity contribution in [1.82, 2.24) is 0 Å². The van der Waals surface area contributed by atoms with Gasteiger partial charge in [-0.1, -0.05) is 60.7 Å². The molecule has 34 heavy (non-hydrogen) atoms. The summed E-state index contributed by atoms with van der Waals surface area (Å²) in [5.41, 5.74) is 5.09. The van der Waals surface area contributed by atoms with Gasteiger partial charge < -0.3 is 14.6 Å². The molecule has 0 saturated carbocycles. The average Bonchev–Trinajstić information content (AvgIpc) is 3.11. The van der Waals surface area contributed by atoms with Crippen molar-refractivity contribution in [1.29, 1.82) is 0 Å². The molecule has 0 radical (unpaired) electrons. The topological polar surface area (TPSA) is 72.8 Å². The van der Waals surface area contributed by atoms with E-state index in [2.05, 4.69) is 24.3 Å². The van der Waals surface area contributed by atoms with Gasteiger partial charge in [-0.25, -0.2) is 0 Å². The minimum atomic E-state index is -1.01. The summed E-state index contributed by atoms with van der Waals surface area (Å²) in [7, 11) is 0. The van der Waals surface area contributed by atoms with E-state index >= 15 is 0 Å². The summed E-state index contributed by atoms with van der Waals surface area (Å²) >= 11 is 0. The second-order valence-corrected chi connectivity index (χ2v) is 9.71. The van der Waals surface area contributed by atoms with Gasteiger partial charge in [0.15, 0.2) is 0 Å². The van der Waals surface area contributed by atoms with Crippen molar-refractivity contribution < 1.29 is 24.2 Å². The Labute approximate surface area is 200 Å². The molecule has 0 aliphatic heterocycles. The molecule has 0 fully saturated rings. The van der Waals surface area contributed by atoms with Crippen molar-refractivity contribution >= 4 is 11.9 Å². The van der Waals surface area contributed by atoms with Crippen LogP contribution in [0.5, 0.6) is 5.75 Å². The zero-order valence-electron chi connectivity index (χ0n) is 19.8. The lowest BCUT2D eigenvalue weighted by molar-refractivity contribution is -0.151. The Morgan fingerprint density at radius 3 is 1.97 bits per heavy atom. The van der Waals surface area contributed by atoms with Crippen LogP contribution in [0.15, 0.2) is 72.8 Å². The van der Waals surface area contributed by atoms with Crippen LogP contribution in [0.1, 0.15) is 49.8 Å². The van der Waals surface area contributed by atoms with Crippen LogP contribution < -0.4 is 4.74 Å². The van der Waals surface area contributed by atoms with Crippen LogP contribution in [0.3, 0.4) is 0 Å². The smallest absolute Gasteiger partial charge is 0.307 e. The minimum absolute atomic E-state index is 0.0463. The standard InChI is InChI=1S/C29H30O5/c1-29(2,3)34-21-14-12-19(13-15-21)16-20(28(31)32)17-27(30)33-18-26-24-10-6-4-8-22(24)23-9-5-7-11-25(23)26/h4-15,20,26H,16-18H2,1-3H3,(H,31,32)/t20-/m0/s1. The molecule has 1 atom stereocenters. The van der Waals surface area contributed by atoms with Crippen LogP contribution >= 0.6 is 0 Å². The van der Waals surface area contributed by atoms with Gasteiger partial charge in [0.1, 0.15) is 18.0 Å². The summed E-state index contributed by atoms with van der Waals surface area (Å²) in [6, 6.07) is 23.6. The number of hydrogen-bond acceptors (Lipinski definition) is 4. The van der Waals surface area contributed by atoms with E-state index in [4.69, 9.17) is 9.47 Å². The number of rotatable bonds is 8. The largest absolute Gasteiger partial charge is 0.488 e. The third-order valence-electron chi connectivity index (χ3n) is 5.97. The molecule has 0 aromatic heterocycles. The van der Waals surface area contributed by atoms with Crippen molar-refractivity contribution in [3.63, 3.8) is 0 Å². The van der Waals surface area contributed by atoms with Crippen LogP contribution in [0, 0.1) is 5.92 Å². The number of aliphatic carboxylic acids is 1.